The molecule has 2 heteroatoms. The second kappa shape index (κ2) is 5.83. The minimum Gasteiger partial charge on any atom is -0.387 e. The standard InChI is InChI=1S/C15H26O2/c1-11(2)7-6-10-15(5,16)14-9-8-13(17-14)12(3)4/h7,13-14,16H,3,6,8-10H2,1-2,4-5H3/t13-,14-,15+/m0/s1. The quantitative estimate of drug-likeness (QED) is 0.741. The Kier molecular flexibility index (Phi) is 4.96. The molecule has 0 spiro atoms. The van der Waals surface area contributed by atoms with Crippen LogP contribution in [0.15, 0.2) is 23.8 Å². The number of allylic oxidation sites excluding steroid dienone is 2. The second-order valence-corrected chi connectivity index (χ2v) is 5.71. The Bertz CT molecular complexity index is 298. The average Bonchev–Trinajstić information content (AvgIpc) is 2.65. The van der Waals surface area contributed by atoms with Gasteiger partial charge < -0.3 is 9.84 Å². The van der Waals surface area contributed by atoms with Gasteiger partial charge in [0.15, 0.2) is 0 Å². The highest BCUT2D eigenvalue weighted by Gasteiger charge is 2.38. The maximum absolute atomic E-state index is 10.4. The molecule has 1 N–H and O–H groups in total. The van der Waals surface area contributed by atoms with Gasteiger partial charge in [-0.05, 0) is 53.4 Å². The van der Waals surface area contributed by atoms with E-state index in [-0.39, 0.29) is 12.2 Å². The van der Waals surface area contributed by atoms with E-state index in [2.05, 4.69) is 26.5 Å². The van der Waals surface area contributed by atoms with E-state index in [1.165, 1.54) is 5.57 Å². The molecule has 1 saturated heterocycles. The predicted molar refractivity (Wildman–Crippen MR) is 72.0 cm³/mol. The third kappa shape index (κ3) is 4.29. The van der Waals surface area contributed by atoms with Crippen molar-refractivity contribution in [3.05, 3.63) is 23.8 Å². The van der Waals surface area contributed by atoms with Crippen molar-refractivity contribution in [2.45, 2.75) is 71.2 Å². The van der Waals surface area contributed by atoms with Crippen molar-refractivity contribution in [2.75, 3.05) is 0 Å². The topological polar surface area (TPSA) is 29.5 Å². The van der Waals surface area contributed by atoms with Crippen molar-refractivity contribution in [1.29, 1.82) is 0 Å². The zero-order valence-corrected chi connectivity index (χ0v) is 11.6. The van der Waals surface area contributed by atoms with Crippen LogP contribution in [0.25, 0.3) is 0 Å². The molecule has 0 bridgehead atoms. The Hall–Kier alpha value is -0.600. The van der Waals surface area contributed by atoms with E-state index in [0.717, 1.165) is 31.3 Å². The lowest BCUT2D eigenvalue weighted by molar-refractivity contribution is -0.0899. The molecule has 1 aliphatic heterocycles. The van der Waals surface area contributed by atoms with Gasteiger partial charge in [0, 0.05) is 0 Å². The molecule has 3 atom stereocenters. The first-order chi connectivity index (χ1) is 7.83. The molecule has 1 aliphatic rings. The summed E-state index contributed by atoms with van der Waals surface area (Å²) in [5.41, 5.74) is 1.64. The first-order valence-corrected chi connectivity index (χ1v) is 6.49. The predicted octanol–water partition coefficient (Wildman–Crippen LogP) is 3.61. The summed E-state index contributed by atoms with van der Waals surface area (Å²) in [5, 5.41) is 10.4. The van der Waals surface area contributed by atoms with Gasteiger partial charge in [0.25, 0.3) is 0 Å². The molecule has 0 saturated carbocycles. The van der Waals surface area contributed by atoms with Gasteiger partial charge in [-0.2, -0.15) is 0 Å². The number of hydrogen-bond acceptors (Lipinski definition) is 2. The minimum atomic E-state index is -0.726. The molecule has 1 fully saturated rings. The van der Waals surface area contributed by atoms with Gasteiger partial charge in [0.1, 0.15) is 0 Å². The van der Waals surface area contributed by atoms with Crippen LogP contribution in [0.4, 0.5) is 0 Å². The maximum Gasteiger partial charge on any atom is 0.0883 e. The Balaban J connectivity index is 2.48. The number of aliphatic hydroxyl groups is 1. The van der Waals surface area contributed by atoms with Crippen LogP contribution in [-0.2, 0) is 4.74 Å². The number of ether oxygens (including phenoxy) is 1. The highest BCUT2D eigenvalue weighted by Crippen LogP contribution is 2.33. The molecule has 0 aliphatic carbocycles. The smallest absolute Gasteiger partial charge is 0.0883 e. The highest BCUT2D eigenvalue weighted by atomic mass is 16.5. The first-order valence-electron chi connectivity index (χ1n) is 6.49. The molecule has 1 rings (SSSR count). The molecule has 17 heavy (non-hydrogen) atoms. The van der Waals surface area contributed by atoms with E-state index in [9.17, 15) is 5.11 Å². The van der Waals surface area contributed by atoms with Crippen molar-refractivity contribution in [2.24, 2.45) is 0 Å². The van der Waals surface area contributed by atoms with Crippen LogP contribution in [0.2, 0.25) is 0 Å². The van der Waals surface area contributed by atoms with Gasteiger partial charge in [0.2, 0.25) is 0 Å². The summed E-state index contributed by atoms with van der Waals surface area (Å²) < 4.78 is 5.87. The fraction of sp³-hybridized carbons (Fsp3) is 0.733. The third-order valence-electron chi connectivity index (χ3n) is 3.47. The molecule has 0 aromatic carbocycles. The molecule has 0 radical (unpaired) electrons. The zero-order chi connectivity index (χ0) is 13.1. The summed E-state index contributed by atoms with van der Waals surface area (Å²) in [7, 11) is 0. The van der Waals surface area contributed by atoms with Crippen LogP contribution in [0.1, 0.15) is 53.4 Å². The summed E-state index contributed by atoms with van der Waals surface area (Å²) >= 11 is 0. The molecule has 0 amide bonds. The fourth-order valence-corrected chi connectivity index (χ4v) is 2.27. The monoisotopic (exact) mass is 238 g/mol. The summed E-state index contributed by atoms with van der Waals surface area (Å²) in [5.74, 6) is 0. The fourth-order valence-electron chi connectivity index (χ4n) is 2.27. The van der Waals surface area contributed by atoms with Crippen LogP contribution in [0.5, 0.6) is 0 Å². The van der Waals surface area contributed by atoms with E-state index in [1.807, 2.05) is 13.8 Å². The Morgan fingerprint density at radius 2 is 2.06 bits per heavy atom. The van der Waals surface area contributed by atoms with Gasteiger partial charge >= 0.3 is 0 Å². The van der Waals surface area contributed by atoms with E-state index >= 15 is 0 Å². The minimum absolute atomic E-state index is 0.0465. The third-order valence-corrected chi connectivity index (χ3v) is 3.47. The average molecular weight is 238 g/mol. The summed E-state index contributed by atoms with van der Waals surface area (Å²) in [6.07, 6.45) is 5.83. The van der Waals surface area contributed by atoms with Crippen LogP contribution in [0.3, 0.4) is 0 Å². The van der Waals surface area contributed by atoms with Crippen LogP contribution in [-0.4, -0.2) is 22.9 Å². The Labute approximate surface area is 105 Å². The van der Waals surface area contributed by atoms with Crippen LogP contribution in [0, 0.1) is 0 Å². The second-order valence-electron chi connectivity index (χ2n) is 5.71. The van der Waals surface area contributed by atoms with Crippen LogP contribution < -0.4 is 0 Å². The highest BCUT2D eigenvalue weighted by molar-refractivity contribution is 5.03. The summed E-state index contributed by atoms with van der Waals surface area (Å²) in [6.45, 7) is 12.0. The van der Waals surface area contributed by atoms with Crippen molar-refractivity contribution < 1.29 is 9.84 Å². The van der Waals surface area contributed by atoms with Gasteiger partial charge in [-0.25, -0.2) is 0 Å². The summed E-state index contributed by atoms with van der Waals surface area (Å²) in [6, 6.07) is 0. The molecule has 0 unspecified atom stereocenters. The van der Waals surface area contributed by atoms with E-state index in [4.69, 9.17) is 4.74 Å². The molecule has 98 valence electrons. The maximum atomic E-state index is 10.4. The summed E-state index contributed by atoms with van der Waals surface area (Å²) in [4.78, 5) is 0. The van der Waals surface area contributed by atoms with Gasteiger partial charge in [-0.1, -0.05) is 23.8 Å². The number of rotatable bonds is 5. The molecule has 0 aromatic heterocycles. The zero-order valence-electron chi connectivity index (χ0n) is 11.6. The van der Waals surface area contributed by atoms with Gasteiger partial charge in [-0.3, -0.25) is 0 Å². The van der Waals surface area contributed by atoms with Crippen LogP contribution >= 0.6 is 0 Å². The van der Waals surface area contributed by atoms with Gasteiger partial charge in [0.05, 0.1) is 17.8 Å². The Morgan fingerprint density at radius 1 is 1.41 bits per heavy atom. The Morgan fingerprint density at radius 3 is 2.53 bits per heavy atom. The molecule has 1 heterocycles. The van der Waals surface area contributed by atoms with E-state index in [1.54, 1.807) is 0 Å². The molecule has 2 nitrogen and oxygen atoms in total. The lowest BCUT2D eigenvalue weighted by Crippen LogP contribution is -2.39. The number of hydrogen-bond donors (Lipinski definition) is 1. The lowest BCUT2D eigenvalue weighted by Gasteiger charge is -2.30. The SMILES string of the molecule is C=C(C)[C@@H]1CC[C@@H]([C@](C)(O)CCC=C(C)C)O1. The van der Waals surface area contributed by atoms with Crippen molar-refractivity contribution in [3.8, 4) is 0 Å². The molecular weight excluding hydrogens is 212 g/mol. The molecule has 0 aromatic rings. The first kappa shape index (κ1) is 14.5. The largest absolute Gasteiger partial charge is 0.387 e. The van der Waals surface area contributed by atoms with Crippen molar-refractivity contribution in [1.82, 2.24) is 0 Å². The van der Waals surface area contributed by atoms with Crippen molar-refractivity contribution >= 4 is 0 Å². The van der Waals surface area contributed by atoms with E-state index < -0.39 is 5.60 Å². The molecular formula is C15H26O2. The lowest BCUT2D eigenvalue weighted by atomic mass is 9.91. The van der Waals surface area contributed by atoms with Crippen molar-refractivity contribution in [3.63, 3.8) is 0 Å². The van der Waals surface area contributed by atoms with E-state index in [0.29, 0.717) is 0 Å². The van der Waals surface area contributed by atoms with Gasteiger partial charge in [-0.15, -0.1) is 0 Å². The normalized spacial score (nSPS) is 27.6.